The molecule has 2 aromatic heterocycles. The maximum Gasteiger partial charge on any atom is 0.271 e. The molecule has 1 aromatic carbocycles. The fourth-order valence-electron chi connectivity index (χ4n) is 3.51. The third-order valence-electron chi connectivity index (χ3n) is 4.93. The molecule has 6 nitrogen and oxygen atoms in total. The molecule has 27 heavy (non-hydrogen) atoms. The maximum absolute atomic E-state index is 12.8. The molecule has 0 saturated heterocycles. The monoisotopic (exact) mass is 378 g/mol. The molecule has 1 N–H and O–H groups in total. The lowest BCUT2D eigenvalue weighted by molar-refractivity contribution is -0.123. The van der Waals surface area contributed by atoms with Crippen molar-refractivity contribution in [3.8, 4) is 16.5 Å². The van der Waals surface area contributed by atoms with Gasteiger partial charge in [-0.15, -0.1) is 11.3 Å². The molecule has 1 aliphatic carbocycles. The van der Waals surface area contributed by atoms with E-state index in [1.165, 1.54) is 22.2 Å². The topological polar surface area (TPSA) is 87.8 Å². The van der Waals surface area contributed by atoms with Crippen LogP contribution in [0.15, 0.2) is 47.5 Å². The van der Waals surface area contributed by atoms with Crippen molar-refractivity contribution < 1.29 is 4.79 Å². The second-order valence-corrected chi connectivity index (χ2v) is 7.87. The lowest BCUT2D eigenvalue weighted by Gasteiger charge is -2.22. The molecule has 0 bridgehead atoms. The number of nitrogens with zero attached hydrogens (tertiary/aromatic N) is 3. The summed E-state index contributed by atoms with van der Waals surface area (Å²) in [6.45, 7) is -0.135. The smallest absolute Gasteiger partial charge is 0.271 e. The molecule has 2 heterocycles. The van der Waals surface area contributed by atoms with E-state index in [1.54, 1.807) is 0 Å². The standard InChI is InChI=1S/C20H18N4O2S/c21-12-20(8-4-5-9-20)23-17(25)11-24-13-22-15-10-16(27-18(15)19(24)26)14-6-2-1-3-7-14/h1-3,6-7,10,13H,4-5,8-9,11H2,(H,23,25). The van der Waals surface area contributed by atoms with Crippen molar-refractivity contribution in [1.29, 1.82) is 5.26 Å². The van der Waals surface area contributed by atoms with Gasteiger partial charge in [0.15, 0.2) is 0 Å². The number of fused-ring (bicyclic) bond motifs is 1. The quantitative estimate of drug-likeness (QED) is 0.756. The first kappa shape index (κ1) is 17.4. The molecule has 0 atom stereocenters. The number of nitriles is 1. The van der Waals surface area contributed by atoms with E-state index in [9.17, 15) is 14.9 Å². The van der Waals surface area contributed by atoms with Gasteiger partial charge in [0.05, 0.1) is 17.9 Å². The van der Waals surface area contributed by atoms with Crippen molar-refractivity contribution in [1.82, 2.24) is 14.9 Å². The number of rotatable bonds is 4. The van der Waals surface area contributed by atoms with Crippen LogP contribution in [-0.4, -0.2) is 21.0 Å². The van der Waals surface area contributed by atoms with Crippen molar-refractivity contribution in [3.05, 3.63) is 53.1 Å². The van der Waals surface area contributed by atoms with Gasteiger partial charge in [0.1, 0.15) is 16.8 Å². The zero-order valence-corrected chi connectivity index (χ0v) is 15.5. The summed E-state index contributed by atoms with van der Waals surface area (Å²) >= 11 is 1.38. The molecule has 4 rings (SSSR count). The fourth-order valence-corrected chi connectivity index (χ4v) is 4.57. The van der Waals surface area contributed by atoms with Crippen LogP contribution < -0.4 is 10.9 Å². The van der Waals surface area contributed by atoms with E-state index in [0.29, 0.717) is 23.1 Å². The normalized spacial score (nSPS) is 15.5. The van der Waals surface area contributed by atoms with Crippen LogP contribution in [0.1, 0.15) is 25.7 Å². The summed E-state index contributed by atoms with van der Waals surface area (Å²) in [5.41, 5.74) is 0.632. The summed E-state index contributed by atoms with van der Waals surface area (Å²) < 4.78 is 1.84. The first-order chi connectivity index (χ1) is 13.1. The predicted octanol–water partition coefficient (Wildman–Crippen LogP) is 3.08. The lowest BCUT2D eigenvalue weighted by Crippen LogP contribution is -2.47. The third-order valence-corrected chi connectivity index (χ3v) is 6.09. The highest BCUT2D eigenvalue weighted by Gasteiger charge is 2.35. The molecule has 0 unspecified atom stereocenters. The van der Waals surface area contributed by atoms with Crippen LogP contribution in [0.5, 0.6) is 0 Å². The van der Waals surface area contributed by atoms with Gasteiger partial charge in [-0.3, -0.25) is 14.2 Å². The molecular formula is C20H18N4O2S. The number of nitrogens with one attached hydrogen (secondary N) is 1. The summed E-state index contributed by atoms with van der Waals surface area (Å²) in [6.07, 6.45) is 4.58. The highest BCUT2D eigenvalue weighted by molar-refractivity contribution is 7.22. The predicted molar refractivity (Wildman–Crippen MR) is 104 cm³/mol. The Balaban J connectivity index is 1.60. The van der Waals surface area contributed by atoms with E-state index in [-0.39, 0.29) is 18.0 Å². The van der Waals surface area contributed by atoms with Crippen molar-refractivity contribution in [2.45, 2.75) is 37.8 Å². The van der Waals surface area contributed by atoms with Gasteiger partial charge in [0.25, 0.3) is 5.56 Å². The van der Waals surface area contributed by atoms with Crippen LogP contribution in [0.25, 0.3) is 20.7 Å². The minimum Gasteiger partial charge on any atom is -0.336 e. The molecule has 0 aliphatic heterocycles. The van der Waals surface area contributed by atoms with Crippen LogP contribution in [0, 0.1) is 11.3 Å². The van der Waals surface area contributed by atoms with E-state index in [4.69, 9.17) is 0 Å². The van der Waals surface area contributed by atoms with Gasteiger partial charge in [0.2, 0.25) is 5.91 Å². The van der Waals surface area contributed by atoms with Crippen molar-refractivity contribution in [2.75, 3.05) is 0 Å². The second kappa shape index (κ2) is 6.97. The van der Waals surface area contributed by atoms with Crippen LogP contribution in [0.2, 0.25) is 0 Å². The Labute approximate surface area is 160 Å². The number of benzene rings is 1. The van der Waals surface area contributed by atoms with Gasteiger partial charge in [-0.05, 0) is 37.3 Å². The molecule has 0 spiro atoms. The lowest BCUT2D eigenvalue weighted by atomic mass is 10.00. The largest absolute Gasteiger partial charge is 0.336 e. The SMILES string of the molecule is N#CC1(NC(=O)Cn2cnc3cc(-c4ccccc4)sc3c2=O)CCCC1. The third kappa shape index (κ3) is 3.36. The zero-order valence-electron chi connectivity index (χ0n) is 14.6. The first-order valence-corrected chi connectivity index (χ1v) is 9.69. The number of hydrogen-bond donors (Lipinski definition) is 1. The minimum absolute atomic E-state index is 0.135. The molecule has 1 aliphatic rings. The van der Waals surface area contributed by atoms with Gasteiger partial charge in [-0.25, -0.2) is 4.98 Å². The van der Waals surface area contributed by atoms with Gasteiger partial charge < -0.3 is 5.32 Å². The van der Waals surface area contributed by atoms with Gasteiger partial charge in [0, 0.05) is 4.88 Å². The average molecular weight is 378 g/mol. The Bertz CT molecular complexity index is 1090. The Morgan fingerprint density at radius 2 is 2.04 bits per heavy atom. The van der Waals surface area contributed by atoms with E-state index in [1.807, 2.05) is 36.4 Å². The average Bonchev–Trinajstić information content (AvgIpc) is 3.33. The van der Waals surface area contributed by atoms with Crippen LogP contribution in [0.3, 0.4) is 0 Å². The summed E-state index contributed by atoms with van der Waals surface area (Å²) in [6, 6.07) is 13.9. The summed E-state index contributed by atoms with van der Waals surface area (Å²) in [5, 5.41) is 12.2. The molecule has 3 aromatic rings. The van der Waals surface area contributed by atoms with E-state index >= 15 is 0 Å². The van der Waals surface area contributed by atoms with Crippen LogP contribution >= 0.6 is 11.3 Å². The minimum atomic E-state index is -0.790. The molecule has 136 valence electrons. The highest BCUT2D eigenvalue weighted by Crippen LogP contribution is 2.31. The Morgan fingerprint density at radius 3 is 2.74 bits per heavy atom. The summed E-state index contributed by atoms with van der Waals surface area (Å²) in [5.74, 6) is -0.332. The fraction of sp³-hybridized carbons (Fsp3) is 0.300. The van der Waals surface area contributed by atoms with Crippen molar-refractivity contribution in [3.63, 3.8) is 0 Å². The maximum atomic E-state index is 12.8. The number of carbonyl (C=O) groups is 1. The number of hydrogen-bond acceptors (Lipinski definition) is 5. The Morgan fingerprint density at radius 1 is 1.30 bits per heavy atom. The van der Waals surface area contributed by atoms with E-state index in [0.717, 1.165) is 23.3 Å². The van der Waals surface area contributed by atoms with E-state index in [2.05, 4.69) is 16.4 Å². The summed E-state index contributed by atoms with van der Waals surface area (Å²) in [7, 11) is 0. The number of thiophene rings is 1. The number of carbonyl (C=O) groups excluding carboxylic acids is 1. The Hall–Kier alpha value is -2.98. The molecule has 1 amide bonds. The highest BCUT2D eigenvalue weighted by atomic mass is 32.1. The Kier molecular flexibility index (Phi) is 4.50. The van der Waals surface area contributed by atoms with Gasteiger partial charge in [-0.1, -0.05) is 30.3 Å². The molecule has 0 radical (unpaired) electrons. The van der Waals surface area contributed by atoms with Gasteiger partial charge in [-0.2, -0.15) is 5.26 Å². The molecule has 7 heteroatoms. The van der Waals surface area contributed by atoms with Gasteiger partial charge >= 0.3 is 0 Å². The number of amides is 1. The second-order valence-electron chi connectivity index (χ2n) is 6.82. The van der Waals surface area contributed by atoms with Crippen molar-refractivity contribution in [2.24, 2.45) is 0 Å². The molecule has 1 fully saturated rings. The molecule has 1 saturated carbocycles. The van der Waals surface area contributed by atoms with Crippen molar-refractivity contribution >= 4 is 27.5 Å². The van der Waals surface area contributed by atoms with E-state index < -0.39 is 5.54 Å². The summed E-state index contributed by atoms with van der Waals surface area (Å²) in [4.78, 5) is 30.5. The number of aromatic nitrogens is 2. The first-order valence-electron chi connectivity index (χ1n) is 8.87. The molecular weight excluding hydrogens is 360 g/mol. The zero-order chi connectivity index (χ0) is 18.9. The van der Waals surface area contributed by atoms with Crippen LogP contribution in [-0.2, 0) is 11.3 Å². The van der Waals surface area contributed by atoms with Crippen LogP contribution in [0.4, 0.5) is 0 Å².